The Bertz CT molecular complexity index is 885. The molecule has 14 heteroatoms. The summed E-state index contributed by atoms with van der Waals surface area (Å²) in [5.74, 6) is -3.84. The monoisotopic (exact) mass is 456 g/mol. The Balaban J connectivity index is 2.48. The number of nitrogens with two attached hydrogens (primary N) is 1. The van der Waals surface area contributed by atoms with Gasteiger partial charge in [0.25, 0.3) is 5.91 Å². The molecule has 2 heterocycles. The minimum atomic E-state index is -1.42. The number of H-pyrrole nitrogens is 1. The molecule has 1 saturated heterocycles. The quantitative estimate of drug-likeness (QED) is 0.305. The van der Waals surface area contributed by atoms with Gasteiger partial charge < -0.3 is 39.7 Å². The molecule has 176 valence electrons. The molecule has 2 amide bonds. The number of nitrogens with zero attached hydrogens (tertiary/aromatic N) is 1. The summed E-state index contributed by atoms with van der Waals surface area (Å²) in [7, 11) is 0. The number of hydrogen-bond acceptors (Lipinski definition) is 11. The van der Waals surface area contributed by atoms with Crippen molar-refractivity contribution in [2.75, 3.05) is 6.61 Å². The van der Waals surface area contributed by atoms with Crippen LogP contribution < -0.4 is 15.8 Å². The molecule has 0 bridgehead atoms. The van der Waals surface area contributed by atoms with Gasteiger partial charge in [-0.2, -0.15) is 0 Å². The summed E-state index contributed by atoms with van der Waals surface area (Å²) in [6.07, 6.45) is -4.03. The first-order valence-electron chi connectivity index (χ1n) is 9.39. The minimum Gasteiger partial charge on any atom is -0.463 e. The molecule has 14 nitrogen and oxygen atoms in total. The van der Waals surface area contributed by atoms with Gasteiger partial charge in [-0.3, -0.25) is 24.0 Å². The number of esters is 3. The molecule has 2 rings (SSSR count). The number of aromatic nitrogens is 2. The fourth-order valence-corrected chi connectivity index (χ4v) is 3.05. The van der Waals surface area contributed by atoms with Gasteiger partial charge in [0.15, 0.2) is 17.9 Å². The average molecular weight is 456 g/mol. The number of carbonyl (C=O) groups is 5. The Labute approximate surface area is 182 Å². The SMILES string of the molecule is CC(=O)N[C@H]1[C@H](Oc2nc[nH]c2C(N)=O)O[C@H](COC(C)=O)[C@@H](OC(C)=O)[C@@H]1OC(C)=O. The molecule has 0 aromatic carbocycles. The molecule has 0 aliphatic carbocycles. The van der Waals surface area contributed by atoms with Crippen LogP contribution in [-0.4, -0.2) is 76.9 Å². The molecule has 1 aromatic heterocycles. The van der Waals surface area contributed by atoms with E-state index in [-0.39, 0.29) is 11.6 Å². The Morgan fingerprint density at radius 2 is 1.69 bits per heavy atom. The standard InChI is InChI=1S/C18H24N4O10/c1-7(23)22-12-15(30-10(4)26)14(29-9(3)25)11(5-28-8(2)24)31-18(12)32-17-13(16(19)27)20-6-21-17/h6,11-12,14-15,18H,5H2,1-4H3,(H2,19,27)(H,20,21)(H,22,23)/t11-,12-,14-,15-,18+/m1/s1. The average Bonchev–Trinajstić information content (AvgIpc) is 3.12. The van der Waals surface area contributed by atoms with Crippen LogP contribution in [0, 0.1) is 0 Å². The van der Waals surface area contributed by atoms with Crippen molar-refractivity contribution < 1.29 is 47.7 Å². The number of nitrogens with one attached hydrogen (secondary N) is 2. The van der Waals surface area contributed by atoms with Crippen molar-refractivity contribution in [3.8, 4) is 5.88 Å². The van der Waals surface area contributed by atoms with Crippen LogP contribution in [-0.2, 0) is 38.1 Å². The molecule has 32 heavy (non-hydrogen) atoms. The van der Waals surface area contributed by atoms with Crippen molar-refractivity contribution in [2.24, 2.45) is 5.73 Å². The maximum Gasteiger partial charge on any atom is 0.303 e. The molecule has 1 aliphatic heterocycles. The van der Waals surface area contributed by atoms with Crippen LogP contribution in [0.1, 0.15) is 38.2 Å². The second-order valence-electron chi connectivity index (χ2n) is 6.78. The molecule has 0 saturated carbocycles. The van der Waals surface area contributed by atoms with Gasteiger partial charge in [-0.1, -0.05) is 0 Å². The van der Waals surface area contributed by atoms with Crippen molar-refractivity contribution in [1.82, 2.24) is 15.3 Å². The number of rotatable bonds is 8. The second kappa shape index (κ2) is 10.6. The Kier molecular flexibility index (Phi) is 8.12. The van der Waals surface area contributed by atoms with Gasteiger partial charge in [-0.05, 0) is 0 Å². The third kappa shape index (κ3) is 6.41. The van der Waals surface area contributed by atoms with Crippen LogP contribution in [0.3, 0.4) is 0 Å². The van der Waals surface area contributed by atoms with Gasteiger partial charge in [0.05, 0.1) is 6.33 Å². The highest BCUT2D eigenvalue weighted by Crippen LogP contribution is 2.29. The van der Waals surface area contributed by atoms with Crippen molar-refractivity contribution >= 4 is 29.7 Å². The normalized spacial score (nSPS) is 24.7. The van der Waals surface area contributed by atoms with E-state index in [0.717, 1.165) is 27.1 Å². The third-order valence-corrected chi connectivity index (χ3v) is 4.15. The van der Waals surface area contributed by atoms with Gasteiger partial charge in [0, 0.05) is 27.7 Å². The number of imidazole rings is 1. The summed E-state index contributed by atoms with van der Waals surface area (Å²) in [5.41, 5.74) is 5.09. The van der Waals surface area contributed by atoms with E-state index in [1.165, 1.54) is 6.92 Å². The first kappa shape index (κ1) is 24.6. The fraction of sp³-hybridized carbons (Fsp3) is 0.556. The number of ether oxygens (including phenoxy) is 5. The van der Waals surface area contributed by atoms with E-state index in [2.05, 4.69) is 15.3 Å². The Hall–Kier alpha value is -3.68. The zero-order valence-corrected chi connectivity index (χ0v) is 17.8. The van der Waals surface area contributed by atoms with Crippen LogP contribution in [0.25, 0.3) is 0 Å². The van der Waals surface area contributed by atoms with Crippen LogP contribution in [0.4, 0.5) is 0 Å². The molecular weight excluding hydrogens is 432 g/mol. The van der Waals surface area contributed by atoms with Crippen LogP contribution in [0.5, 0.6) is 5.88 Å². The summed E-state index contributed by atoms with van der Waals surface area (Å²) >= 11 is 0. The van der Waals surface area contributed by atoms with Gasteiger partial charge in [0.1, 0.15) is 18.8 Å². The zero-order chi connectivity index (χ0) is 24.0. The highest BCUT2D eigenvalue weighted by Gasteiger charge is 2.52. The van der Waals surface area contributed by atoms with Gasteiger partial charge in [-0.25, -0.2) is 4.98 Å². The highest BCUT2D eigenvalue weighted by atomic mass is 16.7. The Morgan fingerprint density at radius 3 is 2.22 bits per heavy atom. The van der Waals surface area contributed by atoms with Gasteiger partial charge in [-0.15, -0.1) is 0 Å². The lowest BCUT2D eigenvalue weighted by Crippen LogP contribution is -2.67. The van der Waals surface area contributed by atoms with E-state index in [0.29, 0.717) is 0 Å². The zero-order valence-electron chi connectivity index (χ0n) is 17.8. The minimum absolute atomic E-state index is 0.183. The van der Waals surface area contributed by atoms with E-state index >= 15 is 0 Å². The summed E-state index contributed by atoms with van der Waals surface area (Å²) < 4.78 is 27.0. The molecule has 1 aliphatic rings. The first-order chi connectivity index (χ1) is 15.0. The van der Waals surface area contributed by atoms with Crippen molar-refractivity contribution in [3.05, 3.63) is 12.0 Å². The predicted molar refractivity (Wildman–Crippen MR) is 102 cm³/mol. The van der Waals surface area contributed by atoms with Crippen LogP contribution >= 0.6 is 0 Å². The van der Waals surface area contributed by atoms with E-state index in [1.54, 1.807) is 0 Å². The van der Waals surface area contributed by atoms with Crippen molar-refractivity contribution in [3.63, 3.8) is 0 Å². The molecule has 5 atom stereocenters. The number of amides is 2. The molecular formula is C18H24N4O10. The summed E-state index contributed by atoms with van der Waals surface area (Å²) in [6.45, 7) is 4.18. The smallest absolute Gasteiger partial charge is 0.303 e. The lowest BCUT2D eigenvalue weighted by atomic mass is 9.96. The lowest BCUT2D eigenvalue weighted by molar-refractivity contribution is -0.257. The highest BCUT2D eigenvalue weighted by molar-refractivity contribution is 5.93. The predicted octanol–water partition coefficient (Wildman–Crippen LogP) is -1.46. The molecule has 1 aromatic rings. The van der Waals surface area contributed by atoms with Crippen molar-refractivity contribution in [2.45, 2.75) is 58.3 Å². The molecule has 1 fully saturated rings. The maximum absolute atomic E-state index is 11.9. The van der Waals surface area contributed by atoms with E-state index in [9.17, 15) is 24.0 Å². The fourth-order valence-electron chi connectivity index (χ4n) is 3.05. The van der Waals surface area contributed by atoms with Gasteiger partial charge in [0.2, 0.25) is 18.1 Å². The molecule has 0 spiro atoms. The van der Waals surface area contributed by atoms with E-state index < -0.39 is 67.0 Å². The maximum atomic E-state index is 11.9. The largest absolute Gasteiger partial charge is 0.463 e. The van der Waals surface area contributed by atoms with Crippen molar-refractivity contribution in [1.29, 1.82) is 0 Å². The summed E-state index contributed by atoms with van der Waals surface area (Å²) in [6, 6.07) is -1.22. The van der Waals surface area contributed by atoms with E-state index in [1.807, 2.05) is 0 Å². The number of hydrogen-bond donors (Lipinski definition) is 3. The summed E-state index contributed by atoms with van der Waals surface area (Å²) in [4.78, 5) is 64.6. The number of carbonyl (C=O) groups excluding carboxylic acids is 5. The van der Waals surface area contributed by atoms with Crippen LogP contribution in [0.15, 0.2) is 6.33 Å². The lowest BCUT2D eigenvalue weighted by Gasteiger charge is -2.44. The molecule has 4 N–H and O–H groups in total. The summed E-state index contributed by atoms with van der Waals surface area (Å²) in [5, 5.41) is 2.52. The number of aromatic amines is 1. The topological polar surface area (TPSA) is 198 Å². The van der Waals surface area contributed by atoms with E-state index in [4.69, 9.17) is 29.4 Å². The van der Waals surface area contributed by atoms with Crippen LogP contribution in [0.2, 0.25) is 0 Å². The third-order valence-electron chi connectivity index (χ3n) is 4.15. The Morgan fingerprint density at radius 1 is 1.06 bits per heavy atom. The first-order valence-corrected chi connectivity index (χ1v) is 9.39. The second-order valence-corrected chi connectivity index (χ2v) is 6.78. The molecule has 0 unspecified atom stereocenters. The molecule has 0 radical (unpaired) electrons. The van der Waals surface area contributed by atoms with Gasteiger partial charge >= 0.3 is 17.9 Å². The number of primary amides is 1.